The number of nitrogens with one attached hydrogen (secondary N) is 3. The van der Waals surface area contributed by atoms with Crippen molar-refractivity contribution in [3.8, 4) is 5.75 Å². The number of rotatable bonds is 3. The first kappa shape index (κ1) is 17.5. The van der Waals surface area contributed by atoms with Crippen molar-refractivity contribution in [2.75, 3.05) is 5.43 Å². The lowest BCUT2D eigenvalue weighted by Gasteiger charge is -2.28. The molecule has 0 heterocycles. The van der Waals surface area contributed by atoms with Crippen molar-refractivity contribution in [3.63, 3.8) is 0 Å². The SMILES string of the molecule is CC(C)(C)c1cc(NNNC(N)=S)cc(C(C)(C)C)c1O. The summed E-state index contributed by atoms with van der Waals surface area (Å²) in [5.74, 6) is 0.350. The van der Waals surface area contributed by atoms with Crippen LogP contribution in [0, 0.1) is 0 Å². The van der Waals surface area contributed by atoms with Gasteiger partial charge in [0, 0.05) is 11.1 Å². The number of aromatic hydroxyl groups is 1. The van der Waals surface area contributed by atoms with E-state index in [4.69, 9.17) is 18.0 Å². The van der Waals surface area contributed by atoms with Gasteiger partial charge in [-0.25, -0.2) is 0 Å². The molecule has 6 heteroatoms. The van der Waals surface area contributed by atoms with Crippen LogP contribution in [-0.4, -0.2) is 10.2 Å². The van der Waals surface area contributed by atoms with Crippen molar-refractivity contribution >= 4 is 23.0 Å². The molecule has 0 aliphatic rings. The predicted octanol–water partition coefficient (Wildman–Crippen LogP) is 2.65. The molecule has 0 amide bonds. The zero-order valence-corrected chi connectivity index (χ0v) is 14.4. The average Bonchev–Trinajstić information content (AvgIpc) is 2.27. The number of phenols is 1. The van der Waals surface area contributed by atoms with Gasteiger partial charge < -0.3 is 16.3 Å². The molecule has 0 aromatic heterocycles. The molecule has 1 aromatic carbocycles. The number of hydrogen-bond donors (Lipinski definition) is 5. The molecule has 118 valence electrons. The molecule has 0 atom stereocenters. The van der Waals surface area contributed by atoms with Gasteiger partial charge in [-0.05, 0) is 35.2 Å². The number of anilines is 1. The minimum absolute atomic E-state index is 0.147. The second-order valence-corrected chi connectivity index (χ2v) is 7.60. The molecule has 0 bridgehead atoms. The fraction of sp³-hybridized carbons (Fsp3) is 0.533. The molecule has 0 aliphatic carbocycles. The van der Waals surface area contributed by atoms with Gasteiger partial charge in [0.05, 0.1) is 5.69 Å². The van der Waals surface area contributed by atoms with Crippen LogP contribution in [0.15, 0.2) is 12.1 Å². The van der Waals surface area contributed by atoms with E-state index in [0.717, 1.165) is 16.8 Å². The number of nitrogens with two attached hydrogens (primary N) is 1. The third kappa shape index (κ3) is 4.75. The molecule has 0 unspecified atom stereocenters. The van der Waals surface area contributed by atoms with Crippen LogP contribution in [0.2, 0.25) is 0 Å². The standard InChI is InChI=1S/C15H26N4OS/c1-14(2,3)10-7-9(17-19-18-13(16)21)8-11(12(10)20)15(4,5)6/h7-8,17,19-20H,1-6H3,(H3,16,18,21). The fourth-order valence-corrected chi connectivity index (χ4v) is 2.07. The molecule has 0 radical (unpaired) electrons. The third-order valence-corrected chi connectivity index (χ3v) is 3.22. The van der Waals surface area contributed by atoms with Gasteiger partial charge in [-0.3, -0.25) is 5.43 Å². The van der Waals surface area contributed by atoms with Gasteiger partial charge in [0.25, 0.3) is 0 Å². The summed E-state index contributed by atoms with van der Waals surface area (Å²) in [4.78, 5) is 0. The predicted molar refractivity (Wildman–Crippen MR) is 92.2 cm³/mol. The van der Waals surface area contributed by atoms with Gasteiger partial charge in [-0.1, -0.05) is 41.5 Å². The highest BCUT2D eigenvalue weighted by Gasteiger charge is 2.26. The maximum absolute atomic E-state index is 10.6. The number of hydrazine groups is 2. The van der Waals surface area contributed by atoms with Gasteiger partial charge >= 0.3 is 0 Å². The first-order valence-corrected chi connectivity index (χ1v) is 7.28. The minimum atomic E-state index is -0.168. The lowest BCUT2D eigenvalue weighted by atomic mass is 9.79. The van der Waals surface area contributed by atoms with Crippen molar-refractivity contribution < 1.29 is 5.11 Å². The van der Waals surface area contributed by atoms with E-state index in [1.807, 2.05) is 12.1 Å². The Bertz CT molecular complexity index is 494. The molecular weight excluding hydrogens is 284 g/mol. The molecule has 0 aliphatic heterocycles. The van der Waals surface area contributed by atoms with Crippen molar-refractivity contribution in [1.82, 2.24) is 11.0 Å². The number of hydrogen-bond acceptors (Lipinski definition) is 4. The summed E-state index contributed by atoms with van der Waals surface area (Å²) in [6, 6.07) is 3.83. The van der Waals surface area contributed by atoms with E-state index >= 15 is 0 Å². The van der Waals surface area contributed by atoms with Crippen LogP contribution in [0.1, 0.15) is 52.7 Å². The molecule has 0 fully saturated rings. The van der Waals surface area contributed by atoms with E-state index in [1.165, 1.54) is 0 Å². The van der Waals surface area contributed by atoms with Crippen molar-refractivity contribution in [2.24, 2.45) is 5.73 Å². The van der Waals surface area contributed by atoms with E-state index < -0.39 is 0 Å². The van der Waals surface area contributed by atoms with E-state index in [0.29, 0.717) is 5.75 Å². The molecule has 1 rings (SSSR count). The topological polar surface area (TPSA) is 82.3 Å². The summed E-state index contributed by atoms with van der Waals surface area (Å²) in [7, 11) is 0. The minimum Gasteiger partial charge on any atom is -0.507 e. The zero-order valence-electron chi connectivity index (χ0n) is 13.6. The summed E-state index contributed by atoms with van der Waals surface area (Å²) >= 11 is 4.73. The van der Waals surface area contributed by atoms with Crippen LogP contribution in [0.4, 0.5) is 5.69 Å². The molecule has 0 saturated carbocycles. The zero-order chi connectivity index (χ0) is 16.4. The first-order valence-electron chi connectivity index (χ1n) is 6.87. The van der Waals surface area contributed by atoms with E-state index in [9.17, 15) is 5.11 Å². The van der Waals surface area contributed by atoms with Gasteiger partial charge in [-0.2, -0.15) is 0 Å². The summed E-state index contributed by atoms with van der Waals surface area (Å²) in [6.45, 7) is 12.4. The van der Waals surface area contributed by atoms with Crippen molar-refractivity contribution in [2.45, 2.75) is 52.4 Å². The maximum Gasteiger partial charge on any atom is 0.179 e. The Balaban J connectivity index is 3.24. The quantitative estimate of drug-likeness (QED) is 0.335. The van der Waals surface area contributed by atoms with Crippen molar-refractivity contribution in [3.05, 3.63) is 23.3 Å². The second-order valence-electron chi connectivity index (χ2n) is 7.16. The lowest BCUT2D eigenvalue weighted by molar-refractivity contribution is 0.423. The molecule has 5 nitrogen and oxygen atoms in total. The van der Waals surface area contributed by atoms with Gasteiger partial charge in [0.2, 0.25) is 0 Å². The Hall–Kier alpha value is -1.53. The second kappa shape index (κ2) is 6.07. The molecule has 0 saturated heterocycles. The highest BCUT2D eigenvalue weighted by Crippen LogP contribution is 2.40. The van der Waals surface area contributed by atoms with Gasteiger partial charge in [0.1, 0.15) is 5.75 Å². The van der Waals surface area contributed by atoms with Crippen LogP contribution in [0.25, 0.3) is 0 Å². The Morgan fingerprint density at radius 2 is 1.48 bits per heavy atom. The van der Waals surface area contributed by atoms with E-state index in [2.05, 4.69) is 57.9 Å². The highest BCUT2D eigenvalue weighted by atomic mass is 32.1. The van der Waals surface area contributed by atoms with E-state index in [1.54, 1.807) is 0 Å². The Morgan fingerprint density at radius 1 is 1.05 bits per heavy atom. The molecule has 6 N–H and O–H groups in total. The lowest BCUT2D eigenvalue weighted by Crippen LogP contribution is -2.44. The monoisotopic (exact) mass is 310 g/mol. The van der Waals surface area contributed by atoms with E-state index in [-0.39, 0.29) is 15.9 Å². The van der Waals surface area contributed by atoms with Crippen LogP contribution in [-0.2, 0) is 10.8 Å². The van der Waals surface area contributed by atoms with Crippen LogP contribution in [0.3, 0.4) is 0 Å². The van der Waals surface area contributed by atoms with Crippen molar-refractivity contribution in [1.29, 1.82) is 0 Å². The summed E-state index contributed by atoms with van der Waals surface area (Å²) < 4.78 is 0. The first-order chi connectivity index (χ1) is 9.43. The van der Waals surface area contributed by atoms with Crippen LogP contribution >= 0.6 is 12.2 Å². The molecule has 21 heavy (non-hydrogen) atoms. The summed E-state index contributed by atoms with van der Waals surface area (Å²) in [5.41, 5.74) is 15.9. The van der Waals surface area contributed by atoms with Crippen LogP contribution in [0.5, 0.6) is 5.75 Å². The van der Waals surface area contributed by atoms with Gasteiger partial charge in [-0.15, -0.1) is 5.53 Å². The third-order valence-electron chi connectivity index (χ3n) is 3.12. The fourth-order valence-electron chi connectivity index (χ4n) is 2.02. The normalized spacial score (nSPS) is 12.1. The molecule has 1 aromatic rings. The van der Waals surface area contributed by atoms with Gasteiger partial charge in [0.15, 0.2) is 5.11 Å². The summed E-state index contributed by atoms with van der Waals surface area (Å²) in [5, 5.41) is 10.7. The Morgan fingerprint density at radius 3 is 1.81 bits per heavy atom. The molecule has 0 spiro atoms. The largest absolute Gasteiger partial charge is 0.507 e. The maximum atomic E-state index is 10.6. The summed E-state index contributed by atoms with van der Waals surface area (Å²) in [6.07, 6.45) is 0. The number of phenolic OH excluding ortho intramolecular Hbond substituents is 1. The average molecular weight is 310 g/mol. The Labute approximate surface area is 132 Å². The number of thiocarbonyl (C=S) groups is 1. The van der Waals surface area contributed by atoms with Crippen LogP contribution < -0.4 is 22.1 Å². The number of benzene rings is 1. The molecular formula is C15H26N4OS. The smallest absolute Gasteiger partial charge is 0.179 e. The highest BCUT2D eigenvalue weighted by molar-refractivity contribution is 7.80. The Kier molecular flexibility index (Phi) is 5.07.